The maximum atomic E-state index is 5.91. The van der Waals surface area contributed by atoms with Gasteiger partial charge in [-0.05, 0) is 66.6 Å². The maximum absolute atomic E-state index is 5.91. The van der Waals surface area contributed by atoms with Gasteiger partial charge in [-0.1, -0.05) is 36.4 Å². The lowest BCUT2D eigenvalue weighted by atomic mass is 10.1. The van der Waals surface area contributed by atoms with Crippen molar-refractivity contribution in [3.8, 4) is 0 Å². The number of H-pyrrole nitrogens is 1. The molecule has 1 heterocycles. The molecular formula is C26H24N4. The number of anilines is 4. The minimum Gasteiger partial charge on any atom is -0.399 e. The Hall–Kier alpha value is -3.92. The number of nitrogens with zero attached hydrogens (tertiary/aromatic N) is 1. The van der Waals surface area contributed by atoms with Crippen LogP contribution < -0.4 is 16.4 Å². The maximum Gasteiger partial charge on any atom is 0.0498 e. The van der Waals surface area contributed by atoms with Gasteiger partial charge in [0.2, 0.25) is 0 Å². The fourth-order valence-corrected chi connectivity index (χ4v) is 4.09. The van der Waals surface area contributed by atoms with Crippen molar-refractivity contribution >= 4 is 44.6 Å². The van der Waals surface area contributed by atoms with Crippen molar-refractivity contribution in [3.05, 3.63) is 96.6 Å². The topological polar surface area (TPSA) is 71.1 Å². The van der Waals surface area contributed by atoms with Crippen molar-refractivity contribution in [2.75, 3.05) is 22.9 Å². The van der Waals surface area contributed by atoms with E-state index in [4.69, 9.17) is 11.5 Å². The summed E-state index contributed by atoms with van der Waals surface area (Å²) in [5, 5.41) is 2.54. The van der Waals surface area contributed by atoms with Crippen LogP contribution in [0.1, 0.15) is 5.56 Å². The number of hydrogen-bond acceptors (Lipinski definition) is 3. The van der Waals surface area contributed by atoms with Crippen LogP contribution in [0, 0.1) is 0 Å². The van der Waals surface area contributed by atoms with E-state index in [1.807, 2.05) is 24.3 Å². The lowest BCUT2D eigenvalue weighted by Gasteiger charge is -2.25. The van der Waals surface area contributed by atoms with Crippen molar-refractivity contribution in [1.82, 2.24) is 4.98 Å². The zero-order chi connectivity index (χ0) is 20.5. The number of nitrogens with two attached hydrogens (primary N) is 2. The van der Waals surface area contributed by atoms with Crippen LogP contribution in [0.25, 0.3) is 21.8 Å². The Morgan fingerprint density at radius 1 is 0.633 bits per heavy atom. The van der Waals surface area contributed by atoms with E-state index in [1.54, 1.807) is 0 Å². The van der Waals surface area contributed by atoms with Crippen LogP contribution in [0.2, 0.25) is 0 Å². The molecule has 4 aromatic carbocycles. The molecule has 0 saturated heterocycles. The highest BCUT2D eigenvalue weighted by molar-refractivity contribution is 6.08. The highest BCUT2D eigenvalue weighted by Gasteiger charge is 2.12. The molecule has 5 N–H and O–H groups in total. The minimum atomic E-state index is 0.763. The molecule has 0 fully saturated rings. The second kappa shape index (κ2) is 7.48. The Bertz CT molecular complexity index is 1260. The van der Waals surface area contributed by atoms with Crippen molar-refractivity contribution in [3.63, 3.8) is 0 Å². The molecule has 0 aliphatic heterocycles. The van der Waals surface area contributed by atoms with Gasteiger partial charge in [0, 0.05) is 51.1 Å². The molecule has 30 heavy (non-hydrogen) atoms. The van der Waals surface area contributed by atoms with Gasteiger partial charge in [-0.25, -0.2) is 0 Å². The normalized spacial score (nSPS) is 11.2. The summed E-state index contributed by atoms with van der Waals surface area (Å²) in [5.74, 6) is 0. The number of aromatic amines is 1. The van der Waals surface area contributed by atoms with Crippen molar-refractivity contribution in [2.24, 2.45) is 0 Å². The van der Waals surface area contributed by atoms with E-state index < -0.39 is 0 Å². The second-order valence-corrected chi connectivity index (χ2v) is 7.59. The molecule has 0 unspecified atom stereocenters. The first-order chi connectivity index (χ1) is 14.7. The summed E-state index contributed by atoms with van der Waals surface area (Å²) in [4.78, 5) is 5.92. The first-order valence-corrected chi connectivity index (χ1v) is 10.2. The van der Waals surface area contributed by atoms with Crippen LogP contribution >= 0.6 is 0 Å². The lowest BCUT2D eigenvalue weighted by Crippen LogP contribution is -2.20. The second-order valence-electron chi connectivity index (χ2n) is 7.59. The molecule has 4 heteroatoms. The lowest BCUT2D eigenvalue weighted by molar-refractivity contribution is 0.918. The summed E-state index contributed by atoms with van der Waals surface area (Å²) in [6.45, 7) is 0.836. The van der Waals surface area contributed by atoms with E-state index >= 15 is 0 Å². The van der Waals surface area contributed by atoms with E-state index in [0.29, 0.717) is 0 Å². The summed E-state index contributed by atoms with van der Waals surface area (Å²) < 4.78 is 0. The average molecular weight is 393 g/mol. The Morgan fingerprint density at radius 3 is 1.90 bits per heavy atom. The summed E-state index contributed by atoms with van der Waals surface area (Å²) in [6, 6.07) is 31.0. The fourth-order valence-electron chi connectivity index (χ4n) is 4.09. The quantitative estimate of drug-likeness (QED) is 0.328. The number of aromatic nitrogens is 1. The van der Waals surface area contributed by atoms with Crippen LogP contribution in [-0.4, -0.2) is 11.5 Å². The molecule has 148 valence electrons. The van der Waals surface area contributed by atoms with Crippen molar-refractivity contribution in [1.29, 1.82) is 0 Å². The van der Waals surface area contributed by atoms with Crippen LogP contribution in [0.4, 0.5) is 22.7 Å². The van der Waals surface area contributed by atoms with Crippen molar-refractivity contribution in [2.45, 2.75) is 6.42 Å². The zero-order valence-corrected chi connectivity index (χ0v) is 16.7. The molecule has 0 spiro atoms. The van der Waals surface area contributed by atoms with Crippen LogP contribution in [0.3, 0.4) is 0 Å². The standard InChI is InChI=1S/C26H24N4/c27-19-8-12-21(13-9-19)30(22-14-10-20(28)11-15-22)17-16-18-4-3-6-24-23-5-1-2-7-25(23)29-26(18)24/h1-15,29H,16-17,27-28H2. The number of para-hydroxylation sites is 2. The summed E-state index contributed by atoms with van der Waals surface area (Å²) in [7, 11) is 0. The molecule has 0 aliphatic rings. The highest BCUT2D eigenvalue weighted by atomic mass is 15.1. The van der Waals surface area contributed by atoms with Gasteiger partial charge in [-0.2, -0.15) is 0 Å². The third-order valence-electron chi connectivity index (χ3n) is 5.64. The third-order valence-corrected chi connectivity index (χ3v) is 5.64. The molecular weight excluding hydrogens is 368 g/mol. The van der Waals surface area contributed by atoms with E-state index in [0.717, 1.165) is 35.7 Å². The molecule has 4 nitrogen and oxygen atoms in total. The molecule has 0 amide bonds. The minimum absolute atomic E-state index is 0.763. The van der Waals surface area contributed by atoms with Gasteiger partial charge in [0.25, 0.3) is 0 Å². The van der Waals surface area contributed by atoms with Gasteiger partial charge in [-0.3, -0.25) is 0 Å². The molecule has 0 bridgehead atoms. The van der Waals surface area contributed by atoms with Crippen LogP contribution in [0.5, 0.6) is 0 Å². The van der Waals surface area contributed by atoms with E-state index in [2.05, 4.69) is 76.6 Å². The van der Waals surface area contributed by atoms with Gasteiger partial charge >= 0.3 is 0 Å². The first-order valence-electron chi connectivity index (χ1n) is 10.2. The highest BCUT2D eigenvalue weighted by Crippen LogP contribution is 2.30. The largest absolute Gasteiger partial charge is 0.399 e. The van der Waals surface area contributed by atoms with Crippen LogP contribution in [-0.2, 0) is 6.42 Å². The van der Waals surface area contributed by atoms with E-state index in [-0.39, 0.29) is 0 Å². The fraction of sp³-hybridized carbons (Fsp3) is 0.0769. The number of benzene rings is 4. The number of rotatable bonds is 5. The van der Waals surface area contributed by atoms with E-state index in [1.165, 1.54) is 27.4 Å². The molecule has 1 aromatic heterocycles. The smallest absolute Gasteiger partial charge is 0.0498 e. The Kier molecular flexibility index (Phi) is 4.52. The van der Waals surface area contributed by atoms with Gasteiger partial charge in [0.15, 0.2) is 0 Å². The van der Waals surface area contributed by atoms with Crippen molar-refractivity contribution < 1.29 is 0 Å². The Labute approximate surface area is 175 Å². The molecule has 0 saturated carbocycles. The summed E-state index contributed by atoms with van der Waals surface area (Å²) in [6.07, 6.45) is 0.902. The summed E-state index contributed by atoms with van der Waals surface area (Å²) >= 11 is 0. The number of nitrogens with one attached hydrogen (secondary N) is 1. The predicted octanol–water partition coefficient (Wildman–Crippen LogP) is 5.87. The zero-order valence-electron chi connectivity index (χ0n) is 16.7. The Morgan fingerprint density at radius 2 is 1.23 bits per heavy atom. The van der Waals surface area contributed by atoms with E-state index in [9.17, 15) is 0 Å². The number of hydrogen-bond donors (Lipinski definition) is 3. The Balaban J connectivity index is 1.51. The SMILES string of the molecule is Nc1ccc(N(CCc2cccc3c2[nH]c2ccccc23)c2ccc(N)cc2)cc1. The van der Waals surface area contributed by atoms with Gasteiger partial charge < -0.3 is 21.4 Å². The molecule has 0 radical (unpaired) electrons. The number of fused-ring (bicyclic) bond motifs is 3. The van der Waals surface area contributed by atoms with Crippen LogP contribution in [0.15, 0.2) is 91.0 Å². The molecule has 0 atom stereocenters. The monoisotopic (exact) mass is 392 g/mol. The molecule has 0 aliphatic carbocycles. The predicted molar refractivity (Wildman–Crippen MR) is 128 cm³/mol. The van der Waals surface area contributed by atoms with Gasteiger partial charge in [-0.15, -0.1) is 0 Å². The number of nitrogen functional groups attached to an aromatic ring is 2. The molecule has 5 aromatic rings. The van der Waals surface area contributed by atoms with Gasteiger partial charge in [0.05, 0.1) is 0 Å². The third kappa shape index (κ3) is 3.33. The molecule has 5 rings (SSSR count). The van der Waals surface area contributed by atoms with Gasteiger partial charge in [0.1, 0.15) is 0 Å². The summed E-state index contributed by atoms with van der Waals surface area (Å²) in [5.41, 5.74) is 19.3. The average Bonchev–Trinajstić information content (AvgIpc) is 3.16. The first kappa shape index (κ1) is 18.1.